The monoisotopic (exact) mass is 267 g/mol. The zero-order valence-corrected chi connectivity index (χ0v) is 10.0. The van der Waals surface area contributed by atoms with Gasteiger partial charge >= 0.3 is 12.2 Å². The van der Waals surface area contributed by atoms with Crippen LogP contribution in [0.15, 0.2) is 0 Å². The highest BCUT2D eigenvalue weighted by Crippen LogP contribution is 2.22. The molecule has 1 fully saturated rings. The number of carbonyl (C=O) groups is 2. The summed E-state index contributed by atoms with van der Waals surface area (Å²) in [5.74, 6) is -0.689. The third-order valence-electron chi connectivity index (χ3n) is 2.88. The van der Waals surface area contributed by atoms with Crippen LogP contribution in [0.2, 0.25) is 0 Å². The molecule has 1 aliphatic heterocycles. The Labute approximate surface area is 103 Å². The Morgan fingerprint density at radius 2 is 2.06 bits per heavy atom. The first-order valence-electron chi connectivity index (χ1n) is 5.68. The van der Waals surface area contributed by atoms with Crippen LogP contribution in [-0.2, 0) is 4.79 Å². The molecule has 0 aromatic carbocycles. The van der Waals surface area contributed by atoms with Crippen LogP contribution in [0.4, 0.5) is 18.0 Å². The van der Waals surface area contributed by atoms with Gasteiger partial charge < -0.3 is 15.5 Å². The number of amides is 3. The number of nitrogens with two attached hydrogens (primary N) is 1. The second-order valence-corrected chi connectivity index (χ2v) is 4.16. The molecule has 0 radical (unpaired) electrons. The lowest BCUT2D eigenvalue weighted by atomic mass is 10.2. The maximum absolute atomic E-state index is 12.3. The number of rotatable bonds is 3. The van der Waals surface area contributed by atoms with Crippen LogP contribution >= 0.6 is 0 Å². The molecule has 0 aliphatic carbocycles. The molecule has 1 saturated heterocycles. The Morgan fingerprint density at radius 3 is 2.50 bits per heavy atom. The molecule has 0 aromatic rings. The molecule has 1 rings (SSSR count). The molecule has 0 saturated carbocycles. The number of hydrogen-bond acceptors (Lipinski definition) is 2. The molecule has 18 heavy (non-hydrogen) atoms. The quantitative estimate of drug-likeness (QED) is 0.827. The topological polar surface area (TPSA) is 66.6 Å². The standard InChI is InChI=1S/C10H16F3N3O2/c1-2-15(6-10(11,12)13)8(17)7-4-3-5-16(7)9(14)18/h7H,2-6H2,1H3,(H2,14,18)/t7-/m0/s1. The average molecular weight is 267 g/mol. The highest BCUT2D eigenvalue weighted by molar-refractivity contribution is 5.87. The number of halogens is 3. The average Bonchev–Trinajstić information content (AvgIpc) is 2.72. The van der Waals surface area contributed by atoms with Crippen molar-refractivity contribution in [1.82, 2.24) is 9.80 Å². The minimum Gasteiger partial charge on any atom is -0.351 e. The fourth-order valence-corrected chi connectivity index (χ4v) is 2.06. The van der Waals surface area contributed by atoms with Crippen LogP contribution in [0.3, 0.4) is 0 Å². The fraction of sp³-hybridized carbons (Fsp3) is 0.800. The van der Waals surface area contributed by atoms with Crippen LogP contribution in [0.1, 0.15) is 19.8 Å². The first kappa shape index (κ1) is 14.6. The summed E-state index contributed by atoms with van der Waals surface area (Å²) >= 11 is 0. The van der Waals surface area contributed by atoms with Gasteiger partial charge in [0.05, 0.1) is 0 Å². The summed E-state index contributed by atoms with van der Waals surface area (Å²) in [5.41, 5.74) is 5.09. The number of likely N-dealkylation sites (N-methyl/N-ethyl adjacent to an activating group) is 1. The number of carbonyl (C=O) groups excluding carboxylic acids is 2. The Balaban J connectivity index is 2.74. The minimum atomic E-state index is -4.44. The lowest BCUT2D eigenvalue weighted by molar-refractivity contribution is -0.163. The molecule has 0 unspecified atom stereocenters. The molecule has 0 aromatic heterocycles. The molecular weight excluding hydrogens is 251 g/mol. The summed E-state index contributed by atoms with van der Waals surface area (Å²) in [6.07, 6.45) is -3.51. The smallest absolute Gasteiger partial charge is 0.351 e. The lowest BCUT2D eigenvalue weighted by Gasteiger charge is -2.29. The van der Waals surface area contributed by atoms with Crippen molar-refractivity contribution in [2.24, 2.45) is 5.73 Å². The predicted molar refractivity (Wildman–Crippen MR) is 57.6 cm³/mol. The summed E-state index contributed by atoms with van der Waals surface area (Å²) in [7, 11) is 0. The van der Waals surface area contributed by atoms with Gasteiger partial charge in [-0.25, -0.2) is 4.79 Å². The third kappa shape index (κ3) is 3.51. The van der Waals surface area contributed by atoms with E-state index in [1.54, 1.807) is 0 Å². The lowest BCUT2D eigenvalue weighted by Crippen LogP contribution is -2.51. The van der Waals surface area contributed by atoms with Crippen molar-refractivity contribution in [3.8, 4) is 0 Å². The normalized spacial score (nSPS) is 20.0. The molecule has 0 spiro atoms. The second kappa shape index (κ2) is 5.45. The summed E-state index contributed by atoms with van der Waals surface area (Å²) in [4.78, 5) is 24.8. The van der Waals surface area contributed by atoms with E-state index in [-0.39, 0.29) is 6.54 Å². The first-order valence-corrected chi connectivity index (χ1v) is 5.68. The van der Waals surface area contributed by atoms with E-state index in [9.17, 15) is 22.8 Å². The number of urea groups is 1. The largest absolute Gasteiger partial charge is 0.406 e. The number of alkyl halides is 3. The molecule has 0 bridgehead atoms. The number of hydrogen-bond donors (Lipinski definition) is 1. The van der Waals surface area contributed by atoms with E-state index < -0.39 is 30.7 Å². The molecular formula is C10H16F3N3O2. The zero-order valence-electron chi connectivity index (χ0n) is 10.0. The van der Waals surface area contributed by atoms with E-state index >= 15 is 0 Å². The van der Waals surface area contributed by atoms with E-state index in [1.165, 1.54) is 6.92 Å². The SMILES string of the molecule is CCN(CC(F)(F)F)C(=O)[C@@H]1CCCN1C(N)=O. The third-order valence-corrected chi connectivity index (χ3v) is 2.88. The van der Waals surface area contributed by atoms with Crippen molar-refractivity contribution in [3.05, 3.63) is 0 Å². The first-order chi connectivity index (χ1) is 8.26. The molecule has 5 nitrogen and oxygen atoms in total. The number of nitrogens with zero attached hydrogens (tertiary/aromatic N) is 2. The van der Waals surface area contributed by atoms with E-state index in [4.69, 9.17) is 5.73 Å². The van der Waals surface area contributed by atoms with E-state index in [1.807, 2.05) is 0 Å². The van der Waals surface area contributed by atoms with Crippen LogP contribution in [0.5, 0.6) is 0 Å². The van der Waals surface area contributed by atoms with Gasteiger partial charge in [0.1, 0.15) is 12.6 Å². The van der Waals surface area contributed by atoms with Gasteiger partial charge in [0.15, 0.2) is 0 Å². The number of primary amides is 1. The van der Waals surface area contributed by atoms with Crippen LogP contribution < -0.4 is 5.73 Å². The van der Waals surface area contributed by atoms with Gasteiger partial charge in [-0.3, -0.25) is 4.79 Å². The molecule has 8 heteroatoms. The van der Waals surface area contributed by atoms with Gasteiger partial charge in [0.25, 0.3) is 0 Å². The molecule has 1 atom stereocenters. The van der Waals surface area contributed by atoms with Crippen molar-refractivity contribution < 1.29 is 22.8 Å². The number of likely N-dealkylation sites (tertiary alicyclic amines) is 1. The molecule has 3 amide bonds. The van der Waals surface area contributed by atoms with Gasteiger partial charge in [-0.15, -0.1) is 0 Å². The van der Waals surface area contributed by atoms with E-state index in [2.05, 4.69) is 0 Å². The molecule has 1 heterocycles. The van der Waals surface area contributed by atoms with E-state index in [0.717, 1.165) is 4.90 Å². The van der Waals surface area contributed by atoms with Crippen LogP contribution in [0, 0.1) is 0 Å². The van der Waals surface area contributed by atoms with Crippen molar-refractivity contribution >= 4 is 11.9 Å². The Morgan fingerprint density at radius 1 is 1.44 bits per heavy atom. The predicted octanol–water partition coefficient (Wildman–Crippen LogP) is 0.940. The molecule has 104 valence electrons. The summed E-state index contributed by atoms with van der Waals surface area (Å²) in [6.45, 7) is 0.426. The van der Waals surface area contributed by atoms with Crippen molar-refractivity contribution in [3.63, 3.8) is 0 Å². The highest BCUT2D eigenvalue weighted by atomic mass is 19.4. The van der Waals surface area contributed by atoms with Gasteiger partial charge in [-0.2, -0.15) is 13.2 Å². The van der Waals surface area contributed by atoms with Gasteiger partial charge in [0.2, 0.25) is 5.91 Å². The summed E-state index contributed by atoms with van der Waals surface area (Å²) in [5, 5.41) is 0. The second-order valence-electron chi connectivity index (χ2n) is 4.16. The molecule has 1 aliphatic rings. The summed E-state index contributed by atoms with van der Waals surface area (Å²) < 4.78 is 36.9. The maximum atomic E-state index is 12.3. The fourth-order valence-electron chi connectivity index (χ4n) is 2.06. The van der Waals surface area contributed by atoms with Gasteiger partial charge in [-0.1, -0.05) is 0 Å². The van der Waals surface area contributed by atoms with E-state index in [0.29, 0.717) is 24.3 Å². The van der Waals surface area contributed by atoms with Crippen molar-refractivity contribution in [2.45, 2.75) is 32.0 Å². The minimum absolute atomic E-state index is 0.0541. The van der Waals surface area contributed by atoms with Crippen molar-refractivity contribution in [1.29, 1.82) is 0 Å². The zero-order chi connectivity index (χ0) is 13.9. The van der Waals surface area contributed by atoms with Gasteiger partial charge in [0, 0.05) is 13.1 Å². The highest BCUT2D eigenvalue weighted by Gasteiger charge is 2.39. The van der Waals surface area contributed by atoms with Crippen LogP contribution in [0.25, 0.3) is 0 Å². The molecule has 2 N–H and O–H groups in total. The Bertz CT molecular complexity index is 333. The Hall–Kier alpha value is -1.47. The maximum Gasteiger partial charge on any atom is 0.406 e. The summed E-state index contributed by atoms with van der Waals surface area (Å²) in [6, 6.07) is -1.63. The Kier molecular flexibility index (Phi) is 4.42. The van der Waals surface area contributed by atoms with Crippen molar-refractivity contribution in [2.75, 3.05) is 19.6 Å². The van der Waals surface area contributed by atoms with Gasteiger partial charge in [-0.05, 0) is 19.8 Å². The van der Waals surface area contributed by atoms with Crippen LogP contribution in [-0.4, -0.2) is 53.6 Å².